The minimum atomic E-state index is 0.384. The number of aromatic nitrogens is 2. The molecule has 3 rings (SSSR count). The Labute approximate surface area is 108 Å². The van der Waals surface area contributed by atoms with Gasteiger partial charge in [0.2, 0.25) is 0 Å². The summed E-state index contributed by atoms with van der Waals surface area (Å²) in [5.41, 5.74) is 1.10. The summed E-state index contributed by atoms with van der Waals surface area (Å²) in [6.07, 6.45) is 4.12. The Morgan fingerprint density at radius 3 is 3.12 bits per heavy atom. The zero-order valence-electron chi connectivity index (χ0n) is 9.46. The lowest BCUT2D eigenvalue weighted by Gasteiger charge is -2.10. The fraction of sp³-hybridized carbons (Fsp3) is 0.250. The van der Waals surface area contributed by atoms with Gasteiger partial charge in [0.1, 0.15) is 0 Å². The number of nitrogens with zero attached hydrogens (tertiary/aromatic N) is 2. The molecule has 0 bridgehead atoms. The fourth-order valence-corrected chi connectivity index (χ4v) is 3.23. The van der Waals surface area contributed by atoms with Crippen LogP contribution in [0.15, 0.2) is 35.3 Å². The maximum atomic E-state index is 4.55. The first kappa shape index (κ1) is 11.0. The molecule has 0 fully saturated rings. The van der Waals surface area contributed by atoms with E-state index in [0.29, 0.717) is 6.04 Å². The highest BCUT2D eigenvalue weighted by Gasteiger charge is 2.07. The summed E-state index contributed by atoms with van der Waals surface area (Å²) in [5, 5.41) is 7.65. The van der Waals surface area contributed by atoms with Gasteiger partial charge in [-0.25, -0.2) is 4.98 Å². The predicted octanol–water partition coefficient (Wildman–Crippen LogP) is 3.31. The first-order chi connectivity index (χ1) is 8.33. The zero-order chi connectivity index (χ0) is 11.7. The van der Waals surface area contributed by atoms with Crippen LogP contribution in [0.25, 0.3) is 4.96 Å². The second-order valence-corrected chi connectivity index (χ2v) is 5.80. The van der Waals surface area contributed by atoms with E-state index in [-0.39, 0.29) is 0 Å². The number of fused-ring (bicyclic) bond motifs is 1. The maximum Gasteiger partial charge on any atom is 0.193 e. The van der Waals surface area contributed by atoms with Crippen molar-refractivity contribution in [1.29, 1.82) is 0 Å². The van der Waals surface area contributed by atoms with E-state index in [4.69, 9.17) is 0 Å². The van der Waals surface area contributed by atoms with Crippen molar-refractivity contribution < 1.29 is 0 Å². The van der Waals surface area contributed by atoms with Gasteiger partial charge in [-0.15, -0.1) is 22.7 Å². The van der Waals surface area contributed by atoms with E-state index in [1.165, 1.54) is 4.88 Å². The largest absolute Gasteiger partial charge is 0.304 e. The Balaban J connectivity index is 1.66. The molecule has 3 aromatic rings. The lowest BCUT2D eigenvalue weighted by molar-refractivity contribution is 0.577. The summed E-state index contributed by atoms with van der Waals surface area (Å²) >= 11 is 3.45. The van der Waals surface area contributed by atoms with Crippen molar-refractivity contribution in [3.63, 3.8) is 0 Å². The van der Waals surface area contributed by atoms with Crippen LogP contribution >= 0.6 is 22.7 Å². The van der Waals surface area contributed by atoms with Crippen LogP contribution in [0.5, 0.6) is 0 Å². The van der Waals surface area contributed by atoms with Crippen LogP contribution in [0.2, 0.25) is 0 Å². The van der Waals surface area contributed by atoms with Crippen molar-refractivity contribution in [2.45, 2.75) is 19.5 Å². The van der Waals surface area contributed by atoms with Gasteiger partial charge in [0.05, 0.1) is 5.69 Å². The molecule has 88 valence electrons. The third kappa shape index (κ3) is 2.26. The molecule has 0 aliphatic heterocycles. The number of thiazole rings is 1. The number of nitrogens with one attached hydrogen (secondary N) is 1. The molecular weight excluding hydrogens is 250 g/mol. The van der Waals surface area contributed by atoms with E-state index < -0.39 is 0 Å². The van der Waals surface area contributed by atoms with Crippen LogP contribution in [0, 0.1) is 0 Å². The van der Waals surface area contributed by atoms with Crippen molar-refractivity contribution in [2.75, 3.05) is 0 Å². The molecule has 0 spiro atoms. The number of thiophene rings is 1. The summed E-state index contributed by atoms with van der Waals surface area (Å²) in [7, 11) is 0. The standard InChI is InChI=1S/C12H13N3S2/c1-9(11-3-2-5-16-11)13-7-10-8-15-4-6-17-12(15)14-10/h2-6,8-9,13H,7H2,1H3. The Kier molecular flexibility index (Phi) is 2.96. The van der Waals surface area contributed by atoms with Crippen molar-refractivity contribution in [2.24, 2.45) is 0 Å². The molecule has 1 unspecified atom stereocenters. The minimum Gasteiger partial charge on any atom is -0.304 e. The molecule has 0 radical (unpaired) electrons. The van der Waals surface area contributed by atoms with Gasteiger partial charge in [0.15, 0.2) is 4.96 Å². The molecule has 0 amide bonds. The van der Waals surface area contributed by atoms with Crippen LogP contribution in [0.4, 0.5) is 0 Å². The molecule has 1 atom stereocenters. The molecule has 17 heavy (non-hydrogen) atoms. The van der Waals surface area contributed by atoms with Crippen molar-refractivity contribution in [3.8, 4) is 0 Å². The first-order valence-electron chi connectivity index (χ1n) is 5.51. The molecule has 0 aliphatic carbocycles. The van der Waals surface area contributed by atoms with Crippen molar-refractivity contribution >= 4 is 27.6 Å². The summed E-state index contributed by atoms with van der Waals surface area (Å²) in [6.45, 7) is 3.00. The second-order valence-electron chi connectivity index (χ2n) is 3.94. The van der Waals surface area contributed by atoms with Gasteiger partial charge in [-0.2, -0.15) is 0 Å². The van der Waals surface area contributed by atoms with Gasteiger partial charge in [-0.05, 0) is 18.4 Å². The van der Waals surface area contributed by atoms with Gasteiger partial charge >= 0.3 is 0 Å². The summed E-state index contributed by atoms with van der Waals surface area (Å²) in [4.78, 5) is 6.98. The Morgan fingerprint density at radius 1 is 1.41 bits per heavy atom. The molecule has 3 nitrogen and oxygen atoms in total. The van der Waals surface area contributed by atoms with Gasteiger partial charge in [0, 0.05) is 35.2 Å². The van der Waals surface area contributed by atoms with E-state index >= 15 is 0 Å². The molecular formula is C12H13N3S2. The minimum absolute atomic E-state index is 0.384. The lowest BCUT2D eigenvalue weighted by Crippen LogP contribution is -2.17. The first-order valence-corrected chi connectivity index (χ1v) is 7.27. The molecule has 0 saturated heterocycles. The van der Waals surface area contributed by atoms with Crippen LogP contribution < -0.4 is 5.32 Å². The van der Waals surface area contributed by atoms with Crippen molar-refractivity contribution in [1.82, 2.24) is 14.7 Å². The molecule has 1 N–H and O–H groups in total. The van der Waals surface area contributed by atoms with E-state index in [0.717, 1.165) is 17.2 Å². The molecule has 3 aromatic heterocycles. The van der Waals surface area contributed by atoms with E-state index in [1.54, 1.807) is 22.7 Å². The lowest BCUT2D eigenvalue weighted by atomic mass is 10.2. The quantitative estimate of drug-likeness (QED) is 0.782. The summed E-state index contributed by atoms with van der Waals surface area (Å²) in [5.74, 6) is 0. The maximum absolute atomic E-state index is 4.55. The highest BCUT2D eigenvalue weighted by molar-refractivity contribution is 7.15. The third-order valence-corrected chi connectivity index (χ3v) is 4.53. The molecule has 3 heterocycles. The fourth-order valence-electron chi connectivity index (χ4n) is 1.76. The van der Waals surface area contributed by atoms with Crippen LogP contribution in [0.3, 0.4) is 0 Å². The van der Waals surface area contributed by atoms with E-state index in [9.17, 15) is 0 Å². The Bertz CT molecular complexity index is 566. The Morgan fingerprint density at radius 2 is 2.35 bits per heavy atom. The topological polar surface area (TPSA) is 29.3 Å². The van der Waals surface area contributed by atoms with Gasteiger partial charge in [-0.1, -0.05) is 6.07 Å². The van der Waals surface area contributed by atoms with Gasteiger partial charge < -0.3 is 5.32 Å². The number of rotatable bonds is 4. The van der Waals surface area contributed by atoms with Crippen LogP contribution in [-0.2, 0) is 6.54 Å². The second kappa shape index (κ2) is 4.60. The molecule has 0 aliphatic rings. The zero-order valence-corrected chi connectivity index (χ0v) is 11.1. The average molecular weight is 263 g/mol. The SMILES string of the molecule is CC(NCc1cn2ccsc2n1)c1cccs1. The number of hydrogen-bond donors (Lipinski definition) is 1. The van der Waals surface area contributed by atoms with E-state index in [2.05, 4.69) is 45.3 Å². The Hall–Kier alpha value is -1.17. The summed E-state index contributed by atoms with van der Waals surface area (Å²) in [6, 6.07) is 4.63. The monoisotopic (exact) mass is 263 g/mol. The highest BCUT2D eigenvalue weighted by atomic mass is 32.1. The predicted molar refractivity (Wildman–Crippen MR) is 72.6 cm³/mol. The number of hydrogen-bond acceptors (Lipinski definition) is 4. The summed E-state index contributed by atoms with van der Waals surface area (Å²) < 4.78 is 2.07. The van der Waals surface area contributed by atoms with Crippen LogP contribution in [0.1, 0.15) is 23.5 Å². The molecule has 0 saturated carbocycles. The van der Waals surface area contributed by atoms with Gasteiger partial charge in [-0.3, -0.25) is 4.40 Å². The van der Waals surface area contributed by atoms with Gasteiger partial charge in [0.25, 0.3) is 0 Å². The molecule has 0 aromatic carbocycles. The van der Waals surface area contributed by atoms with E-state index in [1.807, 2.05) is 11.6 Å². The highest BCUT2D eigenvalue weighted by Crippen LogP contribution is 2.19. The normalized spacial score (nSPS) is 13.2. The average Bonchev–Trinajstić information content (AvgIpc) is 3.01. The molecule has 5 heteroatoms. The smallest absolute Gasteiger partial charge is 0.193 e. The third-order valence-electron chi connectivity index (χ3n) is 2.70. The number of imidazole rings is 1. The van der Waals surface area contributed by atoms with Crippen LogP contribution in [-0.4, -0.2) is 9.38 Å². The van der Waals surface area contributed by atoms with Crippen molar-refractivity contribution in [3.05, 3.63) is 45.9 Å².